The predicted octanol–water partition coefficient (Wildman–Crippen LogP) is -0.892. The molecule has 0 aliphatic carbocycles. The third-order valence-corrected chi connectivity index (χ3v) is 2.13. The first-order valence-corrected chi connectivity index (χ1v) is 3.38. The third-order valence-electron chi connectivity index (χ3n) is 2.13. The SMILES string of the molecule is OCC1OCC2CC1N2. The van der Waals surface area contributed by atoms with Crippen LogP contribution < -0.4 is 5.32 Å². The van der Waals surface area contributed by atoms with Crippen molar-refractivity contribution in [3.63, 3.8) is 0 Å². The van der Waals surface area contributed by atoms with Crippen molar-refractivity contribution in [2.24, 2.45) is 0 Å². The van der Waals surface area contributed by atoms with E-state index in [1.165, 1.54) is 6.42 Å². The van der Waals surface area contributed by atoms with E-state index >= 15 is 0 Å². The predicted molar refractivity (Wildman–Crippen MR) is 32.2 cm³/mol. The maximum Gasteiger partial charge on any atom is 0.0959 e. The van der Waals surface area contributed by atoms with Crippen LogP contribution >= 0.6 is 0 Å². The van der Waals surface area contributed by atoms with Crippen LogP contribution in [-0.2, 0) is 4.74 Å². The average molecular weight is 129 g/mol. The maximum absolute atomic E-state index is 8.72. The molecule has 52 valence electrons. The molecule has 3 heterocycles. The number of rotatable bonds is 1. The number of aliphatic hydroxyl groups is 1. The summed E-state index contributed by atoms with van der Waals surface area (Å²) in [6, 6.07) is 1.02. The van der Waals surface area contributed by atoms with Crippen molar-refractivity contribution in [3.8, 4) is 0 Å². The molecule has 2 bridgehead atoms. The molecule has 0 aromatic rings. The van der Waals surface area contributed by atoms with Crippen LogP contribution in [0.3, 0.4) is 0 Å². The zero-order valence-electron chi connectivity index (χ0n) is 5.21. The van der Waals surface area contributed by atoms with Gasteiger partial charge in [-0.15, -0.1) is 0 Å². The minimum Gasteiger partial charge on any atom is -0.394 e. The van der Waals surface area contributed by atoms with E-state index in [0.29, 0.717) is 12.1 Å². The van der Waals surface area contributed by atoms with Gasteiger partial charge in [0.1, 0.15) is 0 Å². The monoisotopic (exact) mass is 129 g/mol. The van der Waals surface area contributed by atoms with Crippen LogP contribution in [0.4, 0.5) is 0 Å². The van der Waals surface area contributed by atoms with Gasteiger partial charge in [-0.3, -0.25) is 0 Å². The normalized spacial score (nSPS) is 48.3. The standard InChI is InChI=1S/C6H11NO2/c8-2-6-5-1-4(7-5)3-9-6/h4-8H,1-3H2. The Kier molecular flexibility index (Phi) is 1.22. The molecule has 0 spiro atoms. The second kappa shape index (κ2) is 1.94. The maximum atomic E-state index is 8.72. The Hall–Kier alpha value is -0.120. The molecule has 0 aromatic heterocycles. The van der Waals surface area contributed by atoms with Crippen molar-refractivity contribution in [3.05, 3.63) is 0 Å². The second-order valence-electron chi connectivity index (χ2n) is 2.76. The van der Waals surface area contributed by atoms with Gasteiger partial charge in [0.25, 0.3) is 0 Å². The molecule has 3 unspecified atom stereocenters. The first-order valence-electron chi connectivity index (χ1n) is 3.38. The number of ether oxygens (including phenoxy) is 1. The van der Waals surface area contributed by atoms with Crippen LogP contribution in [0.15, 0.2) is 0 Å². The molecule has 0 aromatic carbocycles. The van der Waals surface area contributed by atoms with Crippen LogP contribution in [0.2, 0.25) is 0 Å². The Labute approximate surface area is 54.0 Å². The zero-order valence-corrected chi connectivity index (χ0v) is 5.21. The van der Waals surface area contributed by atoms with E-state index < -0.39 is 0 Å². The van der Waals surface area contributed by atoms with E-state index in [2.05, 4.69) is 5.32 Å². The van der Waals surface area contributed by atoms with Crippen LogP contribution in [0.5, 0.6) is 0 Å². The number of hydrogen-bond acceptors (Lipinski definition) is 3. The molecule has 0 radical (unpaired) electrons. The first kappa shape index (κ1) is 5.65. The van der Waals surface area contributed by atoms with Crippen molar-refractivity contribution in [1.82, 2.24) is 5.32 Å². The highest BCUT2D eigenvalue weighted by Gasteiger charge is 2.39. The summed E-state index contributed by atoms with van der Waals surface area (Å²) >= 11 is 0. The Morgan fingerprint density at radius 1 is 1.67 bits per heavy atom. The number of hydrogen-bond donors (Lipinski definition) is 2. The van der Waals surface area contributed by atoms with Gasteiger partial charge in [-0.25, -0.2) is 0 Å². The third kappa shape index (κ3) is 0.764. The lowest BCUT2D eigenvalue weighted by atomic mass is 9.90. The van der Waals surface area contributed by atoms with E-state index in [0.717, 1.165) is 6.61 Å². The van der Waals surface area contributed by atoms with Gasteiger partial charge in [0, 0.05) is 12.1 Å². The molecule has 3 atom stereocenters. The molecule has 0 saturated carbocycles. The van der Waals surface area contributed by atoms with Crippen LogP contribution in [0, 0.1) is 0 Å². The van der Waals surface area contributed by atoms with Crippen molar-refractivity contribution >= 4 is 0 Å². The van der Waals surface area contributed by atoms with Crippen LogP contribution in [0.1, 0.15) is 6.42 Å². The summed E-state index contributed by atoms with van der Waals surface area (Å²) in [5.41, 5.74) is 0. The summed E-state index contributed by atoms with van der Waals surface area (Å²) < 4.78 is 5.28. The quantitative estimate of drug-likeness (QED) is 0.482. The Morgan fingerprint density at radius 2 is 2.44 bits per heavy atom. The topological polar surface area (TPSA) is 41.5 Å². The molecule has 3 saturated heterocycles. The average Bonchev–Trinajstić information content (AvgIpc) is 1.86. The molecular weight excluding hydrogens is 118 g/mol. The first-order chi connectivity index (χ1) is 4.40. The van der Waals surface area contributed by atoms with Crippen molar-refractivity contribution < 1.29 is 9.84 Å². The lowest BCUT2D eigenvalue weighted by Gasteiger charge is -2.46. The second-order valence-corrected chi connectivity index (χ2v) is 2.76. The highest BCUT2D eigenvalue weighted by Crippen LogP contribution is 2.23. The van der Waals surface area contributed by atoms with E-state index in [1.807, 2.05) is 0 Å². The summed E-state index contributed by atoms with van der Waals surface area (Å²) in [7, 11) is 0. The Morgan fingerprint density at radius 3 is 2.78 bits per heavy atom. The van der Waals surface area contributed by atoms with Gasteiger partial charge in [-0.05, 0) is 6.42 Å². The fourth-order valence-corrected chi connectivity index (χ4v) is 1.50. The molecule has 3 aliphatic heterocycles. The largest absolute Gasteiger partial charge is 0.394 e. The molecule has 9 heavy (non-hydrogen) atoms. The minimum atomic E-state index is 0.0648. The Bertz CT molecular complexity index is 109. The molecule has 2 N–H and O–H groups in total. The molecule has 0 amide bonds. The van der Waals surface area contributed by atoms with E-state index in [9.17, 15) is 0 Å². The highest BCUT2D eigenvalue weighted by atomic mass is 16.5. The summed E-state index contributed by atoms with van der Waals surface area (Å²) in [6.45, 7) is 0.937. The summed E-state index contributed by atoms with van der Waals surface area (Å²) in [6.07, 6.45) is 1.25. The van der Waals surface area contributed by atoms with Crippen LogP contribution in [0.25, 0.3) is 0 Å². The van der Waals surface area contributed by atoms with Gasteiger partial charge in [0.15, 0.2) is 0 Å². The summed E-state index contributed by atoms with van der Waals surface area (Å²) in [5.74, 6) is 0. The summed E-state index contributed by atoms with van der Waals surface area (Å²) in [5, 5.41) is 12.0. The van der Waals surface area contributed by atoms with Gasteiger partial charge < -0.3 is 15.2 Å². The van der Waals surface area contributed by atoms with Gasteiger partial charge in [0.05, 0.1) is 19.3 Å². The molecule has 3 rings (SSSR count). The summed E-state index contributed by atoms with van der Waals surface area (Å²) in [4.78, 5) is 0. The molecule has 3 nitrogen and oxygen atoms in total. The number of fused-ring (bicyclic) bond motifs is 2. The van der Waals surface area contributed by atoms with Crippen molar-refractivity contribution in [1.29, 1.82) is 0 Å². The van der Waals surface area contributed by atoms with E-state index in [-0.39, 0.29) is 12.7 Å². The molecule has 3 fully saturated rings. The van der Waals surface area contributed by atoms with Crippen molar-refractivity contribution in [2.75, 3.05) is 13.2 Å². The molecular formula is C6H11NO2. The lowest BCUT2D eigenvalue weighted by molar-refractivity contribution is -0.102. The fourth-order valence-electron chi connectivity index (χ4n) is 1.50. The number of nitrogens with one attached hydrogen (secondary N) is 1. The number of morpholine rings is 1. The van der Waals surface area contributed by atoms with E-state index in [1.54, 1.807) is 0 Å². The van der Waals surface area contributed by atoms with E-state index in [4.69, 9.17) is 9.84 Å². The van der Waals surface area contributed by atoms with Crippen LogP contribution in [-0.4, -0.2) is 36.5 Å². The fraction of sp³-hybridized carbons (Fsp3) is 1.00. The van der Waals surface area contributed by atoms with Gasteiger partial charge in [-0.1, -0.05) is 0 Å². The Balaban J connectivity index is 1.94. The molecule has 3 heteroatoms. The molecule has 3 aliphatic rings. The zero-order chi connectivity index (χ0) is 6.27. The van der Waals surface area contributed by atoms with Gasteiger partial charge >= 0.3 is 0 Å². The van der Waals surface area contributed by atoms with Gasteiger partial charge in [-0.2, -0.15) is 0 Å². The lowest BCUT2D eigenvalue weighted by Crippen LogP contribution is -2.66. The van der Waals surface area contributed by atoms with Crippen molar-refractivity contribution in [2.45, 2.75) is 24.6 Å². The van der Waals surface area contributed by atoms with Gasteiger partial charge in [0.2, 0.25) is 0 Å². The number of aliphatic hydroxyl groups excluding tert-OH is 1. The minimum absolute atomic E-state index is 0.0648. The smallest absolute Gasteiger partial charge is 0.0959 e. The highest BCUT2D eigenvalue weighted by molar-refractivity contribution is 4.97.